The van der Waals surface area contributed by atoms with Crippen LogP contribution in [-0.2, 0) is 20.0 Å². The third-order valence-electron chi connectivity index (χ3n) is 3.38. The quantitative estimate of drug-likeness (QED) is 0.785. The Morgan fingerprint density at radius 3 is 3.20 bits per heavy atom. The maximum Gasteiger partial charge on any atom is 0.122 e. The lowest BCUT2D eigenvalue weighted by atomic mass is 10.2. The molecule has 3 heterocycles. The van der Waals surface area contributed by atoms with E-state index in [2.05, 4.69) is 28.7 Å². The average Bonchev–Trinajstić information content (AvgIpc) is 2.87. The molecule has 1 fully saturated rings. The molecule has 4 heteroatoms. The van der Waals surface area contributed by atoms with Crippen LogP contribution >= 0.6 is 11.8 Å². The highest BCUT2D eigenvalue weighted by atomic mass is 32.2. The fourth-order valence-corrected chi connectivity index (χ4v) is 3.86. The number of nitrogens with one attached hydrogen (secondary N) is 1. The second kappa shape index (κ2) is 3.83. The Morgan fingerprint density at radius 1 is 1.53 bits per heavy atom. The maximum atomic E-state index is 4.81. The van der Waals surface area contributed by atoms with Crippen molar-refractivity contribution < 1.29 is 0 Å². The van der Waals surface area contributed by atoms with E-state index in [4.69, 9.17) is 4.98 Å². The summed E-state index contributed by atoms with van der Waals surface area (Å²) in [6, 6.07) is 0. The molecule has 3 rings (SSSR count). The van der Waals surface area contributed by atoms with Crippen LogP contribution in [0.15, 0.2) is 0 Å². The lowest BCUT2D eigenvalue weighted by Crippen LogP contribution is -2.24. The van der Waals surface area contributed by atoms with Crippen molar-refractivity contribution in [2.45, 2.75) is 31.1 Å². The van der Waals surface area contributed by atoms with Gasteiger partial charge in [0.05, 0.1) is 10.9 Å². The van der Waals surface area contributed by atoms with Crippen LogP contribution in [0.2, 0.25) is 0 Å². The van der Waals surface area contributed by atoms with Crippen molar-refractivity contribution in [1.82, 2.24) is 14.9 Å². The van der Waals surface area contributed by atoms with Gasteiger partial charge in [-0.05, 0) is 18.6 Å². The number of thioether (sulfide) groups is 1. The third-order valence-corrected chi connectivity index (χ3v) is 4.75. The van der Waals surface area contributed by atoms with Gasteiger partial charge in [-0.1, -0.05) is 0 Å². The summed E-state index contributed by atoms with van der Waals surface area (Å²) in [4.78, 5) is 4.81. The predicted molar refractivity (Wildman–Crippen MR) is 63.1 cm³/mol. The summed E-state index contributed by atoms with van der Waals surface area (Å²) in [6.45, 7) is 2.06. The lowest BCUT2D eigenvalue weighted by Gasteiger charge is -2.13. The van der Waals surface area contributed by atoms with E-state index < -0.39 is 0 Å². The first-order valence-corrected chi connectivity index (χ1v) is 6.78. The highest BCUT2D eigenvalue weighted by Gasteiger charge is 2.25. The summed E-state index contributed by atoms with van der Waals surface area (Å²) in [5.41, 5.74) is 2.74. The van der Waals surface area contributed by atoms with E-state index in [0.29, 0.717) is 5.25 Å². The summed E-state index contributed by atoms with van der Waals surface area (Å²) in [5.74, 6) is 2.62. The van der Waals surface area contributed by atoms with Gasteiger partial charge in [-0.2, -0.15) is 11.8 Å². The smallest absolute Gasteiger partial charge is 0.122 e. The molecule has 0 spiro atoms. The second-order valence-corrected chi connectivity index (χ2v) is 5.66. The average molecular weight is 223 g/mol. The molecule has 0 aromatic carbocycles. The zero-order valence-corrected chi connectivity index (χ0v) is 9.94. The van der Waals surface area contributed by atoms with Gasteiger partial charge >= 0.3 is 0 Å². The van der Waals surface area contributed by atoms with Gasteiger partial charge in [0.25, 0.3) is 0 Å². The van der Waals surface area contributed by atoms with Gasteiger partial charge in [-0.25, -0.2) is 4.98 Å². The molecule has 0 bridgehead atoms. The number of aromatic nitrogens is 2. The van der Waals surface area contributed by atoms with E-state index in [1.54, 1.807) is 0 Å². The SMILES string of the molecule is Cn1c(C2CCCS2)nc2c1CCNC2. The number of rotatable bonds is 1. The number of hydrogen-bond donors (Lipinski definition) is 1. The van der Waals surface area contributed by atoms with Gasteiger partial charge in [0.15, 0.2) is 0 Å². The Balaban J connectivity index is 1.97. The van der Waals surface area contributed by atoms with Crippen LogP contribution in [0.3, 0.4) is 0 Å². The van der Waals surface area contributed by atoms with Gasteiger partial charge in [-0.3, -0.25) is 0 Å². The summed E-state index contributed by atoms with van der Waals surface area (Å²) < 4.78 is 2.35. The molecule has 0 aliphatic carbocycles. The summed E-state index contributed by atoms with van der Waals surface area (Å²) >= 11 is 2.07. The molecule has 1 unspecified atom stereocenters. The monoisotopic (exact) mass is 223 g/mol. The van der Waals surface area contributed by atoms with Gasteiger partial charge in [0, 0.05) is 32.3 Å². The highest BCUT2D eigenvalue weighted by molar-refractivity contribution is 7.99. The first kappa shape index (κ1) is 9.73. The lowest BCUT2D eigenvalue weighted by molar-refractivity contribution is 0.609. The zero-order chi connectivity index (χ0) is 10.3. The molecule has 2 aliphatic heterocycles. The van der Waals surface area contributed by atoms with E-state index in [1.165, 1.54) is 35.8 Å². The molecule has 0 radical (unpaired) electrons. The Labute approximate surface area is 94.7 Å². The summed E-state index contributed by atoms with van der Waals surface area (Å²) in [6.07, 6.45) is 3.79. The fraction of sp³-hybridized carbons (Fsp3) is 0.727. The summed E-state index contributed by atoms with van der Waals surface area (Å²) in [5, 5.41) is 4.04. The van der Waals surface area contributed by atoms with Crippen molar-refractivity contribution in [3.8, 4) is 0 Å². The molecule has 0 amide bonds. The van der Waals surface area contributed by atoms with E-state index in [0.717, 1.165) is 19.5 Å². The number of nitrogens with zero attached hydrogens (tertiary/aromatic N) is 2. The minimum atomic E-state index is 0.653. The Hall–Kier alpha value is -0.480. The minimum Gasteiger partial charge on any atom is -0.334 e. The van der Waals surface area contributed by atoms with Gasteiger partial charge in [0.2, 0.25) is 0 Å². The van der Waals surface area contributed by atoms with Crippen molar-refractivity contribution in [2.24, 2.45) is 7.05 Å². The molecule has 0 saturated carbocycles. The molecule has 1 aromatic heterocycles. The number of hydrogen-bond acceptors (Lipinski definition) is 3. The first-order chi connectivity index (χ1) is 7.36. The predicted octanol–water partition coefficient (Wildman–Crippen LogP) is 1.63. The molecule has 82 valence electrons. The van der Waals surface area contributed by atoms with Gasteiger partial charge in [0.1, 0.15) is 5.82 Å². The standard InChI is InChI=1S/C11H17N3S/c1-14-9-4-5-12-7-8(9)13-11(14)10-3-2-6-15-10/h10,12H,2-7H2,1H3. The van der Waals surface area contributed by atoms with E-state index in [-0.39, 0.29) is 0 Å². The van der Waals surface area contributed by atoms with Crippen LogP contribution in [0.4, 0.5) is 0 Å². The molecule has 3 nitrogen and oxygen atoms in total. The molecule has 15 heavy (non-hydrogen) atoms. The molecular weight excluding hydrogens is 206 g/mol. The first-order valence-electron chi connectivity index (χ1n) is 5.73. The Bertz CT molecular complexity index is 366. The topological polar surface area (TPSA) is 29.9 Å². The molecule has 1 saturated heterocycles. The van der Waals surface area contributed by atoms with Crippen LogP contribution in [0.1, 0.15) is 35.3 Å². The largest absolute Gasteiger partial charge is 0.334 e. The number of fused-ring (bicyclic) bond motifs is 1. The number of imidazole rings is 1. The Kier molecular flexibility index (Phi) is 2.48. The fourth-order valence-electron chi connectivity index (χ4n) is 2.55. The zero-order valence-electron chi connectivity index (χ0n) is 9.12. The van der Waals surface area contributed by atoms with Crippen molar-refractivity contribution in [2.75, 3.05) is 12.3 Å². The van der Waals surface area contributed by atoms with Crippen molar-refractivity contribution >= 4 is 11.8 Å². The molecule has 2 aliphatic rings. The van der Waals surface area contributed by atoms with Crippen molar-refractivity contribution in [3.05, 3.63) is 17.2 Å². The van der Waals surface area contributed by atoms with Crippen LogP contribution in [0.25, 0.3) is 0 Å². The van der Waals surface area contributed by atoms with Crippen LogP contribution in [0, 0.1) is 0 Å². The highest BCUT2D eigenvalue weighted by Crippen LogP contribution is 2.39. The van der Waals surface area contributed by atoms with Gasteiger partial charge < -0.3 is 9.88 Å². The maximum absolute atomic E-state index is 4.81. The van der Waals surface area contributed by atoms with Crippen molar-refractivity contribution in [1.29, 1.82) is 0 Å². The minimum absolute atomic E-state index is 0.653. The van der Waals surface area contributed by atoms with E-state index in [9.17, 15) is 0 Å². The van der Waals surface area contributed by atoms with E-state index >= 15 is 0 Å². The second-order valence-electron chi connectivity index (χ2n) is 4.35. The normalized spacial score (nSPS) is 25.5. The van der Waals surface area contributed by atoms with Crippen molar-refractivity contribution in [3.63, 3.8) is 0 Å². The van der Waals surface area contributed by atoms with E-state index in [1.807, 2.05) is 0 Å². The Morgan fingerprint density at radius 2 is 2.47 bits per heavy atom. The molecule has 1 atom stereocenters. The molecular formula is C11H17N3S. The summed E-state index contributed by atoms with van der Waals surface area (Å²) in [7, 11) is 2.19. The molecule has 1 aromatic rings. The molecule has 1 N–H and O–H groups in total. The van der Waals surface area contributed by atoms with Crippen LogP contribution in [0.5, 0.6) is 0 Å². The third kappa shape index (κ3) is 1.60. The van der Waals surface area contributed by atoms with Crippen LogP contribution in [-0.4, -0.2) is 21.8 Å². The van der Waals surface area contributed by atoms with Crippen LogP contribution < -0.4 is 5.32 Å². The van der Waals surface area contributed by atoms with Gasteiger partial charge in [-0.15, -0.1) is 0 Å².